The minimum Gasteiger partial charge on any atom is -0.445 e. The molecule has 0 radical (unpaired) electrons. The van der Waals surface area contributed by atoms with Crippen molar-refractivity contribution in [1.82, 2.24) is 15.5 Å². The second-order valence-corrected chi connectivity index (χ2v) is 16.3. The summed E-state index contributed by atoms with van der Waals surface area (Å²) < 4.78 is 49.6. The van der Waals surface area contributed by atoms with Crippen LogP contribution in [-0.4, -0.2) is 109 Å². The summed E-state index contributed by atoms with van der Waals surface area (Å²) in [4.78, 5) is 40.5. The van der Waals surface area contributed by atoms with E-state index in [4.69, 9.17) is 37.9 Å². The first-order chi connectivity index (χ1) is 27.5. The molecule has 312 valence electrons. The van der Waals surface area contributed by atoms with E-state index in [9.17, 15) is 19.5 Å². The van der Waals surface area contributed by atoms with Gasteiger partial charge in [0.15, 0.2) is 25.0 Å². The Morgan fingerprint density at radius 3 is 2.02 bits per heavy atom. The molecule has 15 atom stereocenters. The molecule has 5 aliphatic rings. The summed E-state index contributed by atoms with van der Waals surface area (Å²) in [6, 6.07) is 16.6. The number of rotatable bonds is 11. The average molecular weight is 796 g/mol. The van der Waals surface area contributed by atoms with Crippen molar-refractivity contribution in [1.29, 1.82) is 0 Å². The fourth-order valence-corrected chi connectivity index (χ4v) is 8.92. The SMILES string of the molecule is CCC1O[C@H](OC2O[C@H]3CC(C)[C@@H](O[C@@H]4C(NC(=O)OCc5ccccc5)C[C@@H](NC(=O)OCc5ccccc5)C[C@H]4O)OC3C3OC(=O)N(C)C23)C(C)C[C@@H]1C. The molecule has 3 N–H and O–H groups in total. The molecule has 1 saturated carbocycles. The Kier molecular flexibility index (Phi) is 13.2. The Morgan fingerprint density at radius 2 is 1.37 bits per heavy atom. The van der Waals surface area contributed by atoms with Gasteiger partial charge < -0.3 is 53.6 Å². The van der Waals surface area contributed by atoms with Crippen LogP contribution in [0.1, 0.15) is 70.9 Å². The van der Waals surface area contributed by atoms with Crippen molar-refractivity contribution in [2.24, 2.45) is 17.8 Å². The number of alkyl carbamates (subject to hydrolysis) is 2. The van der Waals surface area contributed by atoms with Gasteiger partial charge in [0.1, 0.15) is 31.5 Å². The van der Waals surface area contributed by atoms with Crippen molar-refractivity contribution in [2.45, 2.75) is 147 Å². The number of likely N-dealkylation sites (N-methyl/N-ethyl adjacent to an activating group) is 1. The first kappa shape index (κ1) is 41.2. The Bertz CT molecular complexity index is 1650. The Labute approximate surface area is 333 Å². The van der Waals surface area contributed by atoms with Gasteiger partial charge in [-0.3, -0.25) is 4.90 Å². The maximum absolute atomic E-state index is 13.2. The smallest absolute Gasteiger partial charge is 0.410 e. The lowest BCUT2D eigenvalue weighted by atomic mass is 9.85. The van der Waals surface area contributed by atoms with Crippen LogP contribution in [0.3, 0.4) is 0 Å². The molecule has 4 heterocycles. The molecular formula is C42H57N3O12. The summed E-state index contributed by atoms with van der Waals surface area (Å²) in [5.41, 5.74) is 1.64. The number of nitrogens with zero attached hydrogens (tertiary/aromatic N) is 1. The molecule has 5 fully saturated rings. The average Bonchev–Trinajstić information content (AvgIpc) is 3.50. The largest absolute Gasteiger partial charge is 0.445 e. The quantitative estimate of drug-likeness (QED) is 0.254. The van der Waals surface area contributed by atoms with E-state index in [1.54, 1.807) is 7.05 Å². The number of benzene rings is 2. The van der Waals surface area contributed by atoms with Crippen molar-refractivity contribution in [2.75, 3.05) is 7.05 Å². The number of hydrogen-bond donors (Lipinski definition) is 3. The van der Waals surface area contributed by atoms with E-state index in [1.807, 2.05) is 67.6 Å². The molecule has 0 bridgehead atoms. The van der Waals surface area contributed by atoms with Crippen LogP contribution in [0.25, 0.3) is 0 Å². The first-order valence-corrected chi connectivity index (χ1v) is 20.3. The molecule has 4 saturated heterocycles. The molecule has 1 aliphatic carbocycles. The number of hydrogen-bond acceptors (Lipinski definition) is 12. The highest BCUT2D eigenvalue weighted by Crippen LogP contribution is 2.43. The monoisotopic (exact) mass is 795 g/mol. The number of aliphatic hydroxyl groups is 1. The summed E-state index contributed by atoms with van der Waals surface area (Å²) in [5.74, 6) is 0.285. The Balaban J connectivity index is 1.03. The minimum absolute atomic E-state index is 0.0390. The van der Waals surface area contributed by atoms with E-state index in [2.05, 4.69) is 31.4 Å². The fraction of sp³-hybridized carbons (Fsp3) is 0.643. The van der Waals surface area contributed by atoms with Crippen molar-refractivity contribution in [3.63, 3.8) is 0 Å². The standard InChI is InChI=1S/C42H57N3O12/c1-6-31-23(2)17-24(3)37(52-31)57-39-33-36(56-42(49)45(33)5)35-32(53-39)18-25(4)38(55-35)54-34-29(44-41(48)51-22-27-15-11-8-12-16-27)19-28(20-30(34)46)43-40(47)50-21-26-13-9-7-10-14-26/h7-16,23-25,28-39,46H,6,17-22H2,1-5H3,(H,43,47)(H,44,48)/t23-,24?,25?,28+,29?,30+,31?,32-,33?,34+,35?,36?,37+,38-,39?/m0/s1. The summed E-state index contributed by atoms with van der Waals surface area (Å²) in [5, 5.41) is 17.3. The van der Waals surface area contributed by atoms with E-state index < -0.39 is 85.8 Å². The molecule has 0 spiro atoms. The van der Waals surface area contributed by atoms with Gasteiger partial charge in [-0.25, -0.2) is 14.4 Å². The molecule has 8 unspecified atom stereocenters. The van der Waals surface area contributed by atoms with E-state index >= 15 is 0 Å². The van der Waals surface area contributed by atoms with E-state index in [0.29, 0.717) is 12.3 Å². The van der Waals surface area contributed by atoms with Gasteiger partial charge in [-0.1, -0.05) is 88.4 Å². The number of carbonyl (C=O) groups is 3. The molecule has 7 rings (SSSR count). The van der Waals surface area contributed by atoms with Crippen LogP contribution in [0.4, 0.5) is 14.4 Å². The van der Waals surface area contributed by atoms with Crippen LogP contribution in [0, 0.1) is 17.8 Å². The van der Waals surface area contributed by atoms with Gasteiger partial charge in [0, 0.05) is 24.9 Å². The second kappa shape index (κ2) is 18.3. The number of fused-ring (bicyclic) bond motifs is 3. The van der Waals surface area contributed by atoms with Crippen LogP contribution >= 0.6 is 0 Å². The maximum atomic E-state index is 13.2. The molecule has 57 heavy (non-hydrogen) atoms. The van der Waals surface area contributed by atoms with Crippen LogP contribution in [-0.2, 0) is 51.1 Å². The Morgan fingerprint density at radius 1 is 0.754 bits per heavy atom. The van der Waals surface area contributed by atoms with Crippen molar-refractivity contribution >= 4 is 18.3 Å². The topological polar surface area (TPSA) is 173 Å². The molecule has 0 aromatic heterocycles. The van der Waals surface area contributed by atoms with E-state index in [0.717, 1.165) is 24.0 Å². The van der Waals surface area contributed by atoms with Gasteiger partial charge in [-0.05, 0) is 49.1 Å². The van der Waals surface area contributed by atoms with Crippen LogP contribution in [0.15, 0.2) is 60.7 Å². The highest BCUT2D eigenvalue weighted by molar-refractivity contribution is 5.71. The zero-order chi connectivity index (χ0) is 40.2. The van der Waals surface area contributed by atoms with Gasteiger partial charge in [-0.2, -0.15) is 0 Å². The lowest BCUT2D eigenvalue weighted by Gasteiger charge is -2.50. The third-order valence-corrected chi connectivity index (χ3v) is 12.0. The molecule has 4 aliphatic heterocycles. The molecule has 2 aromatic carbocycles. The lowest BCUT2D eigenvalue weighted by molar-refractivity contribution is -0.366. The van der Waals surface area contributed by atoms with E-state index in [1.165, 1.54) is 4.90 Å². The summed E-state index contributed by atoms with van der Waals surface area (Å²) in [6.07, 6.45) is -5.32. The highest BCUT2D eigenvalue weighted by atomic mass is 16.8. The molecule has 2 aromatic rings. The first-order valence-electron chi connectivity index (χ1n) is 20.3. The zero-order valence-corrected chi connectivity index (χ0v) is 33.3. The van der Waals surface area contributed by atoms with Crippen LogP contribution in [0.2, 0.25) is 0 Å². The zero-order valence-electron chi connectivity index (χ0n) is 33.3. The molecule has 3 amide bonds. The fourth-order valence-electron chi connectivity index (χ4n) is 8.92. The maximum Gasteiger partial charge on any atom is 0.410 e. The van der Waals surface area contributed by atoms with Crippen LogP contribution in [0.5, 0.6) is 0 Å². The predicted octanol–water partition coefficient (Wildman–Crippen LogP) is 5.23. The van der Waals surface area contributed by atoms with Gasteiger partial charge in [-0.15, -0.1) is 0 Å². The summed E-state index contributed by atoms with van der Waals surface area (Å²) in [7, 11) is 1.65. The second-order valence-electron chi connectivity index (χ2n) is 16.3. The van der Waals surface area contributed by atoms with Crippen molar-refractivity contribution < 1.29 is 57.4 Å². The number of nitrogens with one attached hydrogen (secondary N) is 2. The summed E-state index contributed by atoms with van der Waals surface area (Å²) in [6.45, 7) is 8.47. The molecular weight excluding hydrogens is 738 g/mol. The van der Waals surface area contributed by atoms with Crippen LogP contribution < -0.4 is 10.6 Å². The van der Waals surface area contributed by atoms with Gasteiger partial charge in [0.25, 0.3) is 0 Å². The molecule has 15 nitrogen and oxygen atoms in total. The van der Waals surface area contributed by atoms with Gasteiger partial charge in [0.2, 0.25) is 0 Å². The summed E-state index contributed by atoms with van der Waals surface area (Å²) >= 11 is 0. The lowest BCUT2D eigenvalue weighted by Crippen LogP contribution is -2.65. The number of amides is 3. The predicted molar refractivity (Wildman–Crippen MR) is 203 cm³/mol. The number of ether oxygens (including phenoxy) is 8. The highest BCUT2D eigenvalue weighted by Gasteiger charge is 2.60. The molecule has 15 heteroatoms. The number of aliphatic hydroxyl groups excluding tert-OH is 1. The third kappa shape index (κ3) is 9.67. The van der Waals surface area contributed by atoms with Crippen molar-refractivity contribution in [3.05, 3.63) is 71.8 Å². The normalized spacial score (nSPS) is 37.6. The van der Waals surface area contributed by atoms with Gasteiger partial charge in [0.05, 0.1) is 24.4 Å². The minimum atomic E-state index is -1.12. The Hall–Kier alpha value is -3.99. The third-order valence-electron chi connectivity index (χ3n) is 12.0. The number of carbonyl (C=O) groups excluding carboxylic acids is 3. The van der Waals surface area contributed by atoms with Gasteiger partial charge >= 0.3 is 18.3 Å². The van der Waals surface area contributed by atoms with Crippen molar-refractivity contribution in [3.8, 4) is 0 Å². The van der Waals surface area contributed by atoms with E-state index in [-0.39, 0.29) is 44.0 Å².